The van der Waals surface area contributed by atoms with Crippen molar-refractivity contribution in [2.75, 3.05) is 7.05 Å². The number of aromatic nitrogens is 4. The largest absolute Gasteiger partial charge is 0.507 e. The Balaban J connectivity index is 1.33. The van der Waals surface area contributed by atoms with E-state index in [9.17, 15) is 9.50 Å². The number of phenols is 1. The molecule has 5 rings (SSSR count). The highest BCUT2D eigenvalue weighted by Crippen LogP contribution is 2.44. The number of imidazole rings is 1. The molecule has 4 atom stereocenters. The van der Waals surface area contributed by atoms with Crippen LogP contribution in [0.5, 0.6) is 11.6 Å². The number of phenolic OH excluding ortho intramolecular Hbond substituents is 1. The first-order valence-electron chi connectivity index (χ1n) is 10.1. The molecule has 0 aliphatic carbocycles. The second-order valence-electron chi connectivity index (χ2n) is 8.45. The Bertz CT molecular complexity index is 1040. The van der Waals surface area contributed by atoms with Gasteiger partial charge in [-0.1, -0.05) is 0 Å². The number of hydrogen-bond donors (Lipinski definition) is 1. The first-order valence-corrected chi connectivity index (χ1v) is 10.1. The summed E-state index contributed by atoms with van der Waals surface area (Å²) in [7, 11) is 2.00. The lowest BCUT2D eigenvalue weighted by Crippen LogP contribution is -2.57. The Morgan fingerprint density at radius 3 is 2.80 bits per heavy atom. The molecule has 1 aromatic carbocycles. The minimum absolute atomic E-state index is 0.0337. The molecular weight excluding hydrogens is 385 g/mol. The Morgan fingerprint density at radius 1 is 1.23 bits per heavy atom. The van der Waals surface area contributed by atoms with Gasteiger partial charge in [0.2, 0.25) is 5.88 Å². The second-order valence-corrected chi connectivity index (χ2v) is 8.45. The van der Waals surface area contributed by atoms with E-state index in [-0.39, 0.29) is 17.3 Å². The van der Waals surface area contributed by atoms with Crippen molar-refractivity contribution in [1.29, 1.82) is 0 Å². The number of nitrogens with zero attached hydrogens (tertiary/aromatic N) is 5. The lowest BCUT2D eigenvalue weighted by Gasteiger charge is -2.45. The van der Waals surface area contributed by atoms with Gasteiger partial charge in [0.15, 0.2) is 6.17 Å². The fraction of sp³-hybridized carbons (Fsp3) is 0.409. The Labute approximate surface area is 174 Å². The molecule has 0 unspecified atom stereocenters. The van der Waals surface area contributed by atoms with Gasteiger partial charge in [-0.05, 0) is 45.0 Å². The van der Waals surface area contributed by atoms with Gasteiger partial charge in [0.25, 0.3) is 0 Å². The van der Waals surface area contributed by atoms with Crippen molar-refractivity contribution in [3.63, 3.8) is 0 Å². The zero-order valence-electron chi connectivity index (χ0n) is 16.9. The predicted octanol–water partition coefficient (Wildman–Crippen LogP) is 3.38. The lowest BCUT2D eigenvalue weighted by molar-refractivity contribution is -0.0456. The third kappa shape index (κ3) is 3.11. The summed E-state index contributed by atoms with van der Waals surface area (Å²) in [5.74, 6) is 0.390. The fourth-order valence-corrected chi connectivity index (χ4v) is 4.74. The van der Waals surface area contributed by atoms with Gasteiger partial charge in [-0.3, -0.25) is 4.90 Å². The Hall–Kier alpha value is -3.00. The van der Waals surface area contributed by atoms with Crippen LogP contribution in [0.15, 0.2) is 49.1 Å². The van der Waals surface area contributed by atoms with Gasteiger partial charge in [0, 0.05) is 48.1 Å². The van der Waals surface area contributed by atoms with Gasteiger partial charge in [-0.25, -0.2) is 9.37 Å². The smallest absolute Gasteiger partial charge is 0.233 e. The third-order valence-electron chi connectivity index (χ3n) is 6.66. The molecule has 156 valence electrons. The van der Waals surface area contributed by atoms with Crippen molar-refractivity contribution in [3.05, 3.63) is 49.1 Å². The van der Waals surface area contributed by atoms with E-state index < -0.39 is 12.3 Å². The SMILES string of the molecule is CN1[C@H]2CC[C@]1(C)C[C@@H](Oc1ccc(-c3ccc(-n4ccnc4)cc3O)nn1)[C@H]2F. The summed E-state index contributed by atoms with van der Waals surface area (Å²) in [5.41, 5.74) is 1.84. The molecule has 2 aliphatic rings. The van der Waals surface area contributed by atoms with E-state index in [2.05, 4.69) is 27.0 Å². The van der Waals surface area contributed by atoms with E-state index in [1.165, 1.54) is 0 Å². The highest BCUT2D eigenvalue weighted by molar-refractivity contribution is 5.68. The molecule has 30 heavy (non-hydrogen) atoms. The average Bonchev–Trinajstić information content (AvgIpc) is 3.34. The normalized spacial score (nSPS) is 28.6. The van der Waals surface area contributed by atoms with Crippen LogP contribution < -0.4 is 4.74 Å². The van der Waals surface area contributed by atoms with Crippen LogP contribution in [0.25, 0.3) is 16.9 Å². The minimum Gasteiger partial charge on any atom is -0.507 e. The maximum absolute atomic E-state index is 14.9. The number of rotatable bonds is 4. The summed E-state index contributed by atoms with van der Waals surface area (Å²) in [6.45, 7) is 2.17. The number of ether oxygens (including phenoxy) is 1. The molecule has 0 radical (unpaired) electrons. The van der Waals surface area contributed by atoms with E-state index in [1.807, 2.05) is 13.1 Å². The van der Waals surface area contributed by atoms with Crippen LogP contribution in [0.4, 0.5) is 4.39 Å². The number of halogens is 1. The summed E-state index contributed by atoms with van der Waals surface area (Å²) in [6.07, 6.45) is 6.02. The van der Waals surface area contributed by atoms with Gasteiger partial charge in [-0.2, -0.15) is 0 Å². The summed E-state index contributed by atoms with van der Waals surface area (Å²) < 4.78 is 22.6. The van der Waals surface area contributed by atoms with Crippen LogP contribution in [0.1, 0.15) is 26.2 Å². The third-order valence-corrected chi connectivity index (χ3v) is 6.66. The first-order chi connectivity index (χ1) is 14.4. The monoisotopic (exact) mass is 409 g/mol. The number of hydrogen-bond acceptors (Lipinski definition) is 6. The molecule has 2 aliphatic heterocycles. The van der Waals surface area contributed by atoms with E-state index in [1.54, 1.807) is 47.6 Å². The van der Waals surface area contributed by atoms with Gasteiger partial charge in [0.05, 0.1) is 17.7 Å². The molecule has 0 spiro atoms. The molecule has 4 heterocycles. The molecule has 2 saturated heterocycles. The van der Waals surface area contributed by atoms with Crippen molar-refractivity contribution in [2.24, 2.45) is 0 Å². The molecule has 8 heteroatoms. The average molecular weight is 409 g/mol. The first kappa shape index (κ1) is 19.0. The van der Waals surface area contributed by atoms with Crippen molar-refractivity contribution < 1.29 is 14.2 Å². The zero-order chi connectivity index (χ0) is 20.9. The molecule has 2 fully saturated rings. The summed E-state index contributed by atoms with van der Waals surface area (Å²) in [6, 6.07) is 8.60. The number of benzene rings is 1. The zero-order valence-corrected chi connectivity index (χ0v) is 16.9. The predicted molar refractivity (Wildman–Crippen MR) is 109 cm³/mol. The van der Waals surface area contributed by atoms with Crippen molar-refractivity contribution in [3.8, 4) is 28.6 Å². The van der Waals surface area contributed by atoms with Gasteiger partial charge in [-0.15, -0.1) is 10.2 Å². The Morgan fingerprint density at radius 2 is 2.10 bits per heavy atom. The lowest BCUT2D eigenvalue weighted by atomic mass is 9.88. The molecule has 0 amide bonds. The number of aromatic hydroxyl groups is 1. The van der Waals surface area contributed by atoms with Gasteiger partial charge in [0.1, 0.15) is 11.9 Å². The van der Waals surface area contributed by atoms with Gasteiger partial charge < -0.3 is 14.4 Å². The van der Waals surface area contributed by atoms with Crippen molar-refractivity contribution in [2.45, 2.75) is 50.0 Å². The van der Waals surface area contributed by atoms with Crippen LogP contribution >= 0.6 is 0 Å². The summed E-state index contributed by atoms with van der Waals surface area (Å²) in [4.78, 5) is 6.16. The molecule has 3 aromatic rings. The van der Waals surface area contributed by atoms with Crippen LogP contribution in [0.2, 0.25) is 0 Å². The molecule has 0 saturated carbocycles. The second kappa shape index (κ2) is 7.05. The summed E-state index contributed by atoms with van der Waals surface area (Å²) in [5, 5.41) is 18.8. The molecule has 1 N–H and O–H groups in total. The maximum Gasteiger partial charge on any atom is 0.233 e. The molecular formula is C22H24FN5O2. The van der Waals surface area contributed by atoms with Crippen LogP contribution in [0.3, 0.4) is 0 Å². The fourth-order valence-electron chi connectivity index (χ4n) is 4.74. The van der Waals surface area contributed by atoms with E-state index in [0.717, 1.165) is 18.5 Å². The van der Waals surface area contributed by atoms with Crippen molar-refractivity contribution >= 4 is 0 Å². The standard InChI is InChI=1S/C22H24FN5O2/c1-22-8-7-17(27(22)2)21(23)19(12-22)30-20-6-5-16(25-26-20)15-4-3-14(11-18(15)29)28-10-9-24-13-28/h3-6,9-11,13,17,19,21,29H,7-8,12H2,1-2H3/t17-,19+,21-,22+/m0/s1. The van der Waals surface area contributed by atoms with E-state index >= 15 is 0 Å². The van der Waals surface area contributed by atoms with Crippen LogP contribution in [-0.4, -0.2) is 60.7 Å². The number of fused-ring (bicyclic) bond motifs is 2. The topological polar surface area (TPSA) is 76.3 Å². The molecule has 2 aromatic heterocycles. The maximum atomic E-state index is 14.9. The number of alkyl halides is 1. The van der Waals surface area contributed by atoms with Crippen LogP contribution in [0, 0.1) is 0 Å². The van der Waals surface area contributed by atoms with E-state index in [4.69, 9.17) is 4.74 Å². The van der Waals surface area contributed by atoms with Crippen molar-refractivity contribution in [1.82, 2.24) is 24.6 Å². The highest BCUT2D eigenvalue weighted by Gasteiger charge is 2.53. The quantitative estimate of drug-likeness (QED) is 0.712. The van der Waals surface area contributed by atoms with E-state index in [0.29, 0.717) is 23.6 Å². The molecule has 7 nitrogen and oxygen atoms in total. The highest BCUT2D eigenvalue weighted by atomic mass is 19.1. The Kier molecular flexibility index (Phi) is 4.47. The number of piperidine rings is 1. The van der Waals surface area contributed by atoms with Crippen LogP contribution in [-0.2, 0) is 0 Å². The van der Waals surface area contributed by atoms with Gasteiger partial charge >= 0.3 is 0 Å². The molecule has 2 bridgehead atoms. The minimum atomic E-state index is -1.05. The summed E-state index contributed by atoms with van der Waals surface area (Å²) >= 11 is 0.